The molecule has 1 fully saturated rings. The van der Waals surface area contributed by atoms with Crippen molar-refractivity contribution in [2.24, 2.45) is 13.0 Å². The summed E-state index contributed by atoms with van der Waals surface area (Å²) in [5.74, 6) is 1.45. The number of aromatic nitrogens is 2. The Balaban J connectivity index is 1.69. The molecule has 0 spiro atoms. The number of carbonyl (C=O) groups excluding carboxylic acids is 1. The van der Waals surface area contributed by atoms with Crippen LogP contribution in [-0.2, 0) is 11.8 Å². The first-order valence-electron chi connectivity index (χ1n) is 9.73. The summed E-state index contributed by atoms with van der Waals surface area (Å²) < 4.78 is 13.0. The lowest BCUT2D eigenvalue weighted by Crippen LogP contribution is -2.36. The third kappa shape index (κ3) is 4.47. The fourth-order valence-corrected chi connectivity index (χ4v) is 3.64. The smallest absolute Gasteiger partial charge is 0.225 e. The van der Waals surface area contributed by atoms with Crippen LogP contribution in [0.3, 0.4) is 0 Å². The van der Waals surface area contributed by atoms with E-state index in [4.69, 9.17) is 9.47 Å². The molecule has 1 aromatic carbocycles. The highest BCUT2D eigenvalue weighted by molar-refractivity contribution is 5.81. The summed E-state index contributed by atoms with van der Waals surface area (Å²) in [6.07, 6.45) is 3.90. The molecule has 152 valence electrons. The molecular weight excluding hydrogens is 356 g/mol. The van der Waals surface area contributed by atoms with Crippen LogP contribution >= 0.6 is 0 Å². The number of nitrogens with zero attached hydrogens (tertiary/aromatic N) is 2. The van der Waals surface area contributed by atoms with Gasteiger partial charge in [0.2, 0.25) is 5.91 Å². The monoisotopic (exact) mass is 386 g/mol. The lowest BCUT2D eigenvalue weighted by molar-refractivity contribution is -0.125. The van der Waals surface area contributed by atoms with E-state index in [-0.39, 0.29) is 29.9 Å². The number of methoxy groups -OCH3 is 1. The molecule has 1 amide bonds. The molecular formula is C21H30N4O3. The van der Waals surface area contributed by atoms with Crippen molar-refractivity contribution in [3.05, 3.63) is 41.7 Å². The van der Waals surface area contributed by atoms with Gasteiger partial charge < -0.3 is 20.1 Å². The summed E-state index contributed by atoms with van der Waals surface area (Å²) in [6, 6.07) is 5.65. The molecule has 0 saturated carbocycles. The number of carbonyl (C=O) groups is 1. The normalized spacial score (nSPS) is 20.2. The van der Waals surface area contributed by atoms with Crippen molar-refractivity contribution in [1.82, 2.24) is 20.4 Å². The van der Waals surface area contributed by atoms with E-state index in [1.54, 1.807) is 11.8 Å². The van der Waals surface area contributed by atoms with Gasteiger partial charge in [-0.2, -0.15) is 5.10 Å². The van der Waals surface area contributed by atoms with Crippen molar-refractivity contribution in [3.63, 3.8) is 0 Å². The minimum atomic E-state index is -0.135. The fourth-order valence-electron chi connectivity index (χ4n) is 3.64. The minimum Gasteiger partial charge on any atom is -0.493 e. The topological polar surface area (TPSA) is 77.4 Å². The summed E-state index contributed by atoms with van der Waals surface area (Å²) in [4.78, 5) is 13.0. The number of rotatable bonds is 7. The second-order valence-electron chi connectivity index (χ2n) is 7.63. The van der Waals surface area contributed by atoms with Gasteiger partial charge in [0.25, 0.3) is 0 Å². The third-order valence-corrected chi connectivity index (χ3v) is 5.11. The number of amides is 1. The van der Waals surface area contributed by atoms with E-state index in [0.29, 0.717) is 18.0 Å². The number of ether oxygens (including phenoxy) is 2. The summed E-state index contributed by atoms with van der Waals surface area (Å²) in [5.41, 5.74) is 2.07. The van der Waals surface area contributed by atoms with Crippen LogP contribution in [-0.4, -0.2) is 42.0 Å². The largest absolute Gasteiger partial charge is 0.493 e. The Labute approximate surface area is 166 Å². The molecule has 1 aliphatic rings. The van der Waals surface area contributed by atoms with Crippen LogP contribution in [0.25, 0.3) is 0 Å². The number of hydrogen-bond donors (Lipinski definition) is 2. The van der Waals surface area contributed by atoms with Crippen molar-refractivity contribution in [1.29, 1.82) is 0 Å². The van der Waals surface area contributed by atoms with E-state index in [9.17, 15) is 4.79 Å². The molecule has 2 heterocycles. The average molecular weight is 386 g/mol. The number of benzene rings is 1. The van der Waals surface area contributed by atoms with Crippen LogP contribution in [0.4, 0.5) is 0 Å². The maximum Gasteiger partial charge on any atom is 0.225 e. The zero-order valence-corrected chi connectivity index (χ0v) is 17.2. The molecule has 0 aliphatic carbocycles. The molecule has 1 saturated heterocycles. The van der Waals surface area contributed by atoms with Crippen LogP contribution in [0.5, 0.6) is 11.5 Å². The molecule has 7 nitrogen and oxygen atoms in total. The Morgan fingerprint density at radius 2 is 2.07 bits per heavy atom. The molecule has 2 N–H and O–H groups in total. The lowest BCUT2D eigenvalue weighted by atomic mass is 9.90. The summed E-state index contributed by atoms with van der Waals surface area (Å²) in [5, 5.41) is 10.7. The summed E-state index contributed by atoms with van der Waals surface area (Å²) in [6.45, 7) is 7.39. The highest BCUT2D eigenvalue weighted by Crippen LogP contribution is 2.32. The van der Waals surface area contributed by atoms with Gasteiger partial charge in [-0.3, -0.25) is 9.48 Å². The molecule has 2 aromatic rings. The predicted molar refractivity (Wildman–Crippen MR) is 108 cm³/mol. The summed E-state index contributed by atoms with van der Waals surface area (Å²) in [7, 11) is 3.52. The molecule has 0 bridgehead atoms. The van der Waals surface area contributed by atoms with E-state index < -0.39 is 0 Å². The standard InChI is InChI=1S/C21H30N4O3/c1-13(2)28-19-7-6-15(8-20(19)27-5)14(3)24-21(26)18-11-22-10-17(18)16-9-23-25(4)12-16/h6-9,12-14,17-18,22H,10-11H2,1-5H3,(H,24,26)/t14?,17-,18+/m1/s1. The predicted octanol–water partition coefficient (Wildman–Crippen LogP) is 2.40. The van der Waals surface area contributed by atoms with Crippen LogP contribution in [0.15, 0.2) is 30.6 Å². The Kier molecular flexibility index (Phi) is 6.24. The highest BCUT2D eigenvalue weighted by Gasteiger charge is 2.35. The third-order valence-electron chi connectivity index (χ3n) is 5.11. The molecule has 28 heavy (non-hydrogen) atoms. The molecule has 3 atom stereocenters. The molecule has 1 unspecified atom stereocenters. The number of aryl methyl sites for hydroxylation is 1. The Morgan fingerprint density at radius 3 is 2.71 bits per heavy atom. The van der Waals surface area contributed by atoms with E-state index in [1.807, 2.05) is 58.4 Å². The van der Waals surface area contributed by atoms with Gasteiger partial charge in [0, 0.05) is 32.3 Å². The zero-order valence-electron chi connectivity index (χ0n) is 17.2. The summed E-state index contributed by atoms with van der Waals surface area (Å²) >= 11 is 0. The second-order valence-corrected chi connectivity index (χ2v) is 7.63. The van der Waals surface area contributed by atoms with Gasteiger partial charge in [-0.05, 0) is 44.0 Å². The first kappa shape index (κ1) is 20.2. The van der Waals surface area contributed by atoms with Crippen molar-refractivity contribution in [2.45, 2.75) is 38.8 Å². The maximum absolute atomic E-state index is 13.0. The maximum atomic E-state index is 13.0. The lowest BCUT2D eigenvalue weighted by Gasteiger charge is -2.22. The van der Waals surface area contributed by atoms with Crippen LogP contribution in [0.1, 0.15) is 43.9 Å². The first-order valence-corrected chi connectivity index (χ1v) is 9.73. The fraction of sp³-hybridized carbons (Fsp3) is 0.524. The molecule has 0 radical (unpaired) electrons. The Bertz CT molecular complexity index is 818. The van der Waals surface area contributed by atoms with Gasteiger partial charge in [0.05, 0.1) is 31.4 Å². The molecule has 1 aliphatic heterocycles. The molecule has 3 rings (SSSR count). The van der Waals surface area contributed by atoms with Crippen molar-refractivity contribution in [3.8, 4) is 11.5 Å². The van der Waals surface area contributed by atoms with Crippen molar-refractivity contribution in [2.75, 3.05) is 20.2 Å². The van der Waals surface area contributed by atoms with E-state index >= 15 is 0 Å². The Hall–Kier alpha value is -2.54. The van der Waals surface area contributed by atoms with Gasteiger partial charge in [0.15, 0.2) is 11.5 Å². The van der Waals surface area contributed by atoms with Gasteiger partial charge >= 0.3 is 0 Å². The minimum absolute atomic E-state index is 0.0489. The van der Waals surface area contributed by atoms with Gasteiger partial charge in [0.1, 0.15) is 0 Å². The van der Waals surface area contributed by atoms with Gasteiger partial charge in [-0.25, -0.2) is 0 Å². The van der Waals surface area contributed by atoms with Crippen LogP contribution in [0, 0.1) is 5.92 Å². The van der Waals surface area contributed by atoms with Gasteiger partial charge in [-0.15, -0.1) is 0 Å². The average Bonchev–Trinajstić information content (AvgIpc) is 3.30. The van der Waals surface area contributed by atoms with Crippen molar-refractivity contribution >= 4 is 5.91 Å². The molecule has 1 aromatic heterocycles. The number of nitrogens with one attached hydrogen (secondary N) is 2. The van der Waals surface area contributed by atoms with Crippen molar-refractivity contribution < 1.29 is 14.3 Å². The first-order chi connectivity index (χ1) is 13.4. The van der Waals surface area contributed by atoms with Gasteiger partial charge in [-0.1, -0.05) is 6.07 Å². The van der Waals surface area contributed by atoms with E-state index in [1.165, 1.54) is 0 Å². The van der Waals surface area contributed by atoms with E-state index in [2.05, 4.69) is 15.7 Å². The van der Waals surface area contributed by atoms with E-state index in [0.717, 1.165) is 17.7 Å². The Morgan fingerprint density at radius 1 is 1.29 bits per heavy atom. The van der Waals surface area contributed by atoms with Crippen LogP contribution in [0.2, 0.25) is 0 Å². The molecule has 7 heteroatoms. The second kappa shape index (κ2) is 8.65. The number of hydrogen-bond acceptors (Lipinski definition) is 5. The zero-order chi connectivity index (χ0) is 20.3. The SMILES string of the molecule is COc1cc(C(C)NC(=O)[C@H]2CNC[C@@H]2c2cnn(C)c2)ccc1OC(C)C. The quantitative estimate of drug-likeness (QED) is 0.764. The van der Waals surface area contributed by atoms with Crippen LogP contribution < -0.4 is 20.1 Å². The highest BCUT2D eigenvalue weighted by atomic mass is 16.5.